The highest BCUT2D eigenvalue weighted by Gasteiger charge is 2.51. The van der Waals surface area contributed by atoms with E-state index in [9.17, 15) is 31.2 Å². The summed E-state index contributed by atoms with van der Waals surface area (Å²) in [6, 6.07) is 11.2. The second-order valence-electron chi connectivity index (χ2n) is 11.4. The van der Waals surface area contributed by atoms with Crippen molar-refractivity contribution in [2.24, 2.45) is 17.6 Å². The van der Waals surface area contributed by atoms with Crippen molar-refractivity contribution in [3.63, 3.8) is 0 Å². The van der Waals surface area contributed by atoms with Crippen molar-refractivity contribution in [1.82, 2.24) is 9.21 Å². The maximum Gasteiger partial charge on any atom is 0.416 e. The molecule has 0 bridgehead atoms. The topological polar surface area (TPSA) is 110 Å². The predicted octanol–water partition coefficient (Wildman–Crippen LogP) is 4.44. The summed E-state index contributed by atoms with van der Waals surface area (Å²) in [6.07, 6.45) is -4.19. The predicted molar refractivity (Wildman–Crippen MR) is 141 cm³/mol. The molecule has 2 fully saturated rings. The van der Waals surface area contributed by atoms with Crippen LogP contribution in [0.5, 0.6) is 0 Å². The number of carbonyl (C=O) groups excluding carboxylic acids is 2. The van der Waals surface area contributed by atoms with Crippen LogP contribution in [0.4, 0.5) is 18.0 Å². The molecule has 1 aliphatic heterocycles. The monoisotopic (exact) mass is 581 g/mol. The van der Waals surface area contributed by atoms with E-state index in [0.29, 0.717) is 18.9 Å². The van der Waals surface area contributed by atoms with Crippen LogP contribution in [0.1, 0.15) is 44.7 Å². The van der Waals surface area contributed by atoms with E-state index >= 15 is 0 Å². The summed E-state index contributed by atoms with van der Waals surface area (Å²) >= 11 is 0. The molecule has 0 radical (unpaired) electrons. The highest BCUT2D eigenvalue weighted by molar-refractivity contribution is 7.89. The Bertz CT molecular complexity index is 1340. The highest BCUT2D eigenvalue weighted by atomic mass is 32.2. The number of rotatable bonds is 7. The molecule has 8 nitrogen and oxygen atoms in total. The van der Waals surface area contributed by atoms with Crippen LogP contribution in [0.3, 0.4) is 0 Å². The van der Waals surface area contributed by atoms with E-state index in [1.807, 2.05) is 30.3 Å². The number of primary amides is 1. The zero-order valence-electron chi connectivity index (χ0n) is 22.6. The van der Waals surface area contributed by atoms with E-state index in [1.54, 1.807) is 20.8 Å². The standard InChI is InChI=1S/C28H34F3N3O5S/c1-27(2,3)39-26(36)34(24(25(32)35)14-18-8-5-4-6-9-18)23-13-12-19-16-33(17-22(19)23)40(37,38)21-11-7-10-20(15-21)28(29,30)31/h4-11,15,19,22-24H,12-14,16-17H2,1-3H3,(H2,32,35)/t19?,22?,23?,24-/m0/s1. The fraction of sp³-hybridized carbons (Fsp3) is 0.500. The third kappa shape index (κ3) is 6.43. The lowest BCUT2D eigenvalue weighted by molar-refractivity contribution is -0.137. The van der Waals surface area contributed by atoms with Crippen LogP contribution in [-0.2, 0) is 32.2 Å². The van der Waals surface area contributed by atoms with Crippen LogP contribution in [0.2, 0.25) is 0 Å². The molecular weight excluding hydrogens is 547 g/mol. The smallest absolute Gasteiger partial charge is 0.416 e. The number of alkyl halides is 3. The minimum Gasteiger partial charge on any atom is -0.444 e. The number of amides is 2. The number of benzene rings is 2. The quantitative estimate of drug-likeness (QED) is 0.520. The van der Waals surface area contributed by atoms with Crippen molar-refractivity contribution in [1.29, 1.82) is 0 Å². The van der Waals surface area contributed by atoms with Gasteiger partial charge in [-0.2, -0.15) is 17.5 Å². The van der Waals surface area contributed by atoms with Crippen LogP contribution in [0.25, 0.3) is 0 Å². The van der Waals surface area contributed by atoms with Crippen LogP contribution in [0, 0.1) is 11.8 Å². The van der Waals surface area contributed by atoms with Crippen molar-refractivity contribution < 1.29 is 35.9 Å². The molecule has 4 atom stereocenters. The molecule has 1 saturated carbocycles. The first-order chi connectivity index (χ1) is 18.6. The summed E-state index contributed by atoms with van der Waals surface area (Å²) in [5.74, 6) is -1.23. The third-order valence-electron chi connectivity index (χ3n) is 7.48. The number of ether oxygens (including phenoxy) is 1. The lowest BCUT2D eigenvalue weighted by atomic mass is 9.94. The van der Waals surface area contributed by atoms with Crippen LogP contribution < -0.4 is 5.73 Å². The Kier molecular flexibility index (Phi) is 8.24. The van der Waals surface area contributed by atoms with E-state index in [-0.39, 0.29) is 31.3 Å². The number of nitrogens with zero attached hydrogens (tertiary/aromatic N) is 2. The van der Waals surface area contributed by atoms with Gasteiger partial charge in [-0.25, -0.2) is 13.2 Å². The summed E-state index contributed by atoms with van der Waals surface area (Å²) in [7, 11) is -4.24. The van der Waals surface area contributed by atoms with Gasteiger partial charge in [0, 0.05) is 25.6 Å². The molecule has 0 spiro atoms. The SMILES string of the molecule is CC(C)(C)OC(=O)N(C1CCC2CN(S(=O)(=O)c3cccc(C(F)(F)F)c3)CC21)[C@@H](Cc1ccccc1)C(N)=O. The van der Waals surface area contributed by atoms with Gasteiger partial charge in [-0.3, -0.25) is 9.69 Å². The molecule has 1 heterocycles. The van der Waals surface area contributed by atoms with Gasteiger partial charge in [0.2, 0.25) is 15.9 Å². The fourth-order valence-electron chi connectivity index (χ4n) is 5.70. The Morgan fingerprint density at radius 1 is 1.05 bits per heavy atom. The zero-order chi connectivity index (χ0) is 29.5. The number of fused-ring (bicyclic) bond motifs is 1. The van der Waals surface area contributed by atoms with E-state index < -0.39 is 56.3 Å². The molecule has 2 aromatic carbocycles. The summed E-state index contributed by atoms with van der Waals surface area (Å²) in [5.41, 5.74) is 4.70. The van der Waals surface area contributed by atoms with Gasteiger partial charge in [0.1, 0.15) is 11.6 Å². The first-order valence-electron chi connectivity index (χ1n) is 13.1. The second-order valence-corrected chi connectivity index (χ2v) is 13.3. The van der Waals surface area contributed by atoms with Crippen molar-refractivity contribution in [2.45, 2.75) is 68.8 Å². The summed E-state index contributed by atoms with van der Waals surface area (Å²) in [4.78, 5) is 27.2. The average molecular weight is 582 g/mol. The summed E-state index contributed by atoms with van der Waals surface area (Å²) in [5, 5.41) is 0. The molecule has 1 aliphatic carbocycles. The minimum absolute atomic E-state index is 0.00989. The molecule has 218 valence electrons. The molecule has 3 unspecified atom stereocenters. The second kappa shape index (κ2) is 11.0. The Morgan fingerprint density at radius 3 is 2.33 bits per heavy atom. The van der Waals surface area contributed by atoms with Crippen molar-refractivity contribution >= 4 is 22.0 Å². The maximum absolute atomic E-state index is 13.6. The van der Waals surface area contributed by atoms with Crippen LogP contribution >= 0.6 is 0 Å². The maximum atomic E-state index is 13.6. The molecule has 2 N–H and O–H groups in total. The molecule has 4 rings (SSSR count). The Morgan fingerprint density at radius 2 is 1.73 bits per heavy atom. The lowest BCUT2D eigenvalue weighted by Gasteiger charge is -2.38. The Hall–Kier alpha value is -3.12. The van der Waals surface area contributed by atoms with Gasteiger partial charge in [0.05, 0.1) is 10.5 Å². The molecule has 1 saturated heterocycles. The van der Waals surface area contributed by atoms with Gasteiger partial charge in [0.15, 0.2) is 0 Å². The molecule has 2 aromatic rings. The number of carbonyl (C=O) groups is 2. The van der Waals surface area contributed by atoms with E-state index in [1.165, 1.54) is 9.21 Å². The van der Waals surface area contributed by atoms with Gasteiger partial charge in [-0.05, 0) is 69.2 Å². The summed E-state index contributed by atoms with van der Waals surface area (Å²) in [6.45, 7) is 5.20. The van der Waals surface area contributed by atoms with Crippen molar-refractivity contribution in [3.05, 3.63) is 65.7 Å². The normalized spacial score (nSPS) is 22.5. The fourth-order valence-corrected chi connectivity index (χ4v) is 7.28. The molecular formula is C28H34F3N3O5S. The lowest BCUT2D eigenvalue weighted by Crippen LogP contribution is -2.56. The Balaban J connectivity index is 1.64. The molecule has 12 heteroatoms. The number of nitrogens with two attached hydrogens (primary N) is 1. The first-order valence-corrected chi connectivity index (χ1v) is 14.5. The average Bonchev–Trinajstić information content (AvgIpc) is 3.45. The van der Waals surface area contributed by atoms with E-state index in [0.717, 1.165) is 23.8 Å². The largest absolute Gasteiger partial charge is 0.444 e. The van der Waals surface area contributed by atoms with Gasteiger partial charge < -0.3 is 10.5 Å². The van der Waals surface area contributed by atoms with Crippen molar-refractivity contribution in [2.75, 3.05) is 13.1 Å². The van der Waals surface area contributed by atoms with Gasteiger partial charge in [-0.1, -0.05) is 36.4 Å². The van der Waals surface area contributed by atoms with E-state index in [4.69, 9.17) is 10.5 Å². The molecule has 40 heavy (non-hydrogen) atoms. The van der Waals surface area contributed by atoms with E-state index in [2.05, 4.69) is 0 Å². The van der Waals surface area contributed by atoms with Crippen LogP contribution in [0.15, 0.2) is 59.5 Å². The van der Waals surface area contributed by atoms with Gasteiger partial charge in [-0.15, -0.1) is 0 Å². The highest BCUT2D eigenvalue weighted by Crippen LogP contribution is 2.44. The molecule has 2 amide bonds. The molecule has 2 aliphatic rings. The van der Waals surface area contributed by atoms with Gasteiger partial charge >= 0.3 is 12.3 Å². The van der Waals surface area contributed by atoms with Crippen LogP contribution in [-0.4, -0.2) is 60.4 Å². The zero-order valence-corrected chi connectivity index (χ0v) is 23.4. The van der Waals surface area contributed by atoms with Gasteiger partial charge in [0.25, 0.3) is 0 Å². The summed E-state index contributed by atoms with van der Waals surface area (Å²) < 4.78 is 73.4. The molecule has 0 aromatic heterocycles. The van der Waals surface area contributed by atoms with Crippen molar-refractivity contribution in [3.8, 4) is 0 Å². The number of halogens is 3. The third-order valence-corrected chi connectivity index (χ3v) is 9.31. The minimum atomic E-state index is -4.69. The Labute approximate surface area is 232 Å². The number of sulfonamides is 1. The number of hydrogen-bond acceptors (Lipinski definition) is 5. The number of hydrogen-bond donors (Lipinski definition) is 1. The first kappa shape index (κ1) is 29.9.